The van der Waals surface area contributed by atoms with E-state index >= 15 is 0 Å². The average Bonchev–Trinajstić information content (AvgIpc) is 3.32. The van der Waals surface area contributed by atoms with Gasteiger partial charge in [-0.1, -0.05) is 54.1 Å². The van der Waals surface area contributed by atoms with Crippen LogP contribution in [-0.4, -0.2) is 32.0 Å². The minimum Gasteiger partial charge on any atom is -0.299 e. The number of nitrogens with zero attached hydrogens (tertiary/aromatic N) is 3. The molecule has 0 spiro atoms. The van der Waals surface area contributed by atoms with Gasteiger partial charge < -0.3 is 0 Å². The van der Waals surface area contributed by atoms with Crippen molar-refractivity contribution >= 4 is 29.2 Å². The zero-order valence-corrected chi connectivity index (χ0v) is 18.4. The molecule has 0 unspecified atom stereocenters. The van der Waals surface area contributed by atoms with Gasteiger partial charge in [-0.15, -0.1) is 0 Å². The molecule has 4 aromatic rings. The van der Waals surface area contributed by atoms with Gasteiger partial charge in [-0.25, -0.2) is 4.98 Å². The molecular formula is C26H18ClN3O3. The largest absolute Gasteiger partial charge is 0.299 e. The summed E-state index contributed by atoms with van der Waals surface area (Å²) in [5, 5.41) is 0.453. The summed E-state index contributed by atoms with van der Waals surface area (Å²) in [4.78, 5) is 44.7. The molecule has 7 heteroatoms. The Kier molecular flexibility index (Phi) is 5.15. The summed E-state index contributed by atoms with van der Waals surface area (Å²) in [5.74, 6) is -0.447. The third kappa shape index (κ3) is 3.54. The summed E-state index contributed by atoms with van der Waals surface area (Å²) in [7, 11) is 0. The Hall–Kier alpha value is -4.03. The monoisotopic (exact) mass is 455 g/mol. The summed E-state index contributed by atoms with van der Waals surface area (Å²) in [6, 6.07) is 20.7. The number of amides is 2. The number of rotatable bonds is 5. The van der Waals surface area contributed by atoms with E-state index in [1.54, 1.807) is 77.5 Å². The second kappa shape index (κ2) is 8.15. The van der Waals surface area contributed by atoms with Crippen LogP contribution in [0.2, 0.25) is 5.02 Å². The van der Waals surface area contributed by atoms with Gasteiger partial charge in [0.15, 0.2) is 5.78 Å². The zero-order valence-electron chi connectivity index (χ0n) is 17.7. The molecule has 0 saturated heterocycles. The van der Waals surface area contributed by atoms with Gasteiger partial charge in [-0.2, -0.15) is 0 Å². The molecule has 0 saturated carbocycles. The number of aryl methyl sites for hydroxylation is 1. The molecule has 0 N–H and O–H groups in total. The molecule has 1 aliphatic heterocycles. The molecule has 33 heavy (non-hydrogen) atoms. The first-order valence-electron chi connectivity index (χ1n) is 10.3. The lowest BCUT2D eigenvalue weighted by molar-refractivity contribution is 0.0637. The molecule has 1 aromatic heterocycles. The number of imidazole rings is 1. The van der Waals surface area contributed by atoms with E-state index in [-0.39, 0.29) is 24.1 Å². The van der Waals surface area contributed by atoms with Gasteiger partial charge in [0, 0.05) is 28.0 Å². The number of carbonyl (C=O) groups excluding carboxylic acids is 3. The van der Waals surface area contributed by atoms with E-state index in [1.807, 2.05) is 13.0 Å². The second-order valence-electron chi connectivity index (χ2n) is 7.75. The number of hydrogen-bond donors (Lipinski definition) is 0. The third-order valence-electron chi connectivity index (χ3n) is 5.67. The SMILES string of the molecule is Cc1cnc(CN2C(=O)c3ccccc3C2=O)n1-c1cc(Cl)ccc1C(=O)c1ccccc1. The highest BCUT2D eigenvalue weighted by Crippen LogP contribution is 2.28. The van der Waals surface area contributed by atoms with Crippen LogP contribution in [0.25, 0.3) is 5.69 Å². The van der Waals surface area contributed by atoms with Crippen molar-refractivity contribution in [3.8, 4) is 5.69 Å². The van der Waals surface area contributed by atoms with E-state index in [9.17, 15) is 14.4 Å². The fourth-order valence-electron chi connectivity index (χ4n) is 4.08. The van der Waals surface area contributed by atoms with Gasteiger partial charge in [0.05, 0.1) is 23.4 Å². The van der Waals surface area contributed by atoms with Crippen LogP contribution < -0.4 is 0 Å². The van der Waals surface area contributed by atoms with Gasteiger partial charge in [-0.3, -0.25) is 23.9 Å². The number of halogens is 1. The topological polar surface area (TPSA) is 72.3 Å². The first kappa shape index (κ1) is 20.8. The molecule has 2 amide bonds. The van der Waals surface area contributed by atoms with E-state index in [2.05, 4.69) is 4.98 Å². The fraction of sp³-hybridized carbons (Fsp3) is 0.0769. The highest BCUT2D eigenvalue weighted by Gasteiger charge is 2.36. The minimum absolute atomic E-state index is 0.0360. The van der Waals surface area contributed by atoms with E-state index in [1.165, 1.54) is 4.90 Å². The molecule has 0 aliphatic carbocycles. The first-order valence-corrected chi connectivity index (χ1v) is 10.7. The van der Waals surface area contributed by atoms with E-state index < -0.39 is 0 Å². The summed E-state index contributed by atoms with van der Waals surface area (Å²) in [6.07, 6.45) is 1.64. The van der Waals surface area contributed by atoms with Crippen molar-refractivity contribution in [2.45, 2.75) is 13.5 Å². The Balaban J connectivity index is 1.58. The average molecular weight is 456 g/mol. The van der Waals surface area contributed by atoms with Crippen LogP contribution >= 0.6 is 11.6 Å². The number of ketones is 1. The molecule has 0 radical (unpaired) electrons. The van der Waals surface area contributed by atoms with Crippen LogP contribution in [0.15, 0.2) is 79.0 Å². The maximum atomic E-state index is 13.3. The highest BCUT2D eigenvalue weighted by molar-refractivity contribution is 6.31. The number of fused-ring (bicyclic) bond motifs is 1. The van der Waals surface area contributed by atoms with E-state index in [0.29, 0.717) is 38.8 Å². The molecule has 2 heterocycles. The molecule has 0 bridgehead atoms. The van der Waals surface area contributed by atoms with Gasteiger partial charge in [0.1, 0.15) is 5.82 Å². The van der Waals surface area contributed by atoms with Crippen LogP contribution in [0, 0.1) is 6.92 Å². The maximum absolute atomic E-state index is 13.3. The summed E-state index contributed by atoms with van der Waals surface area (Å²) in [6.45, 7) is 1.81. The van der Waals surface area contributed by atoms with Crippen LogP contribution in [-0.2, 0) is 6.54 Å². The molecule has 5 rings (SSSR count). The van der Waals surface area contributed by atoms with Crippen molar-refractivity contribution in [2.24, 2.45) is 0 Å². The number of aromatic nitrogens is 2. The van der Waals surface area contributed by atoms with Crippen LogP contribution in [0.1, 0.15) is 48.2 Å². The summed E-state index contributed by atoms with van der Waals surface area (Å²) in [5.41, 5.74) is 3.01. The molecular weight excluding hydrogens is 438 g/mol. The molecule has 0 atom stereocenters. The van der Waals surface area contributed by atoms with E-state index in [0.717, 1.165) is 5.69 Å². The lowest BCUT2D eigenvalue weighted by Crippen LogP contribution is -2.30. The van der Waals surface area contributed by atoms with Gasteiger partial charge in [0.25, 0.3) is 11.8 Å². The van der Waals surface area contributed by atoms with Crippen LogP contribution in [0.4, 0.5) is 0 Å². The second-order valence-corrected chi connectivity index (χ2v) is 8.19. The number of imide groups is 1. The van der Waals surface area contributed by atoms with Crippen LogP contribution in [0.3, 0.4) is 0 Å². The Morgan fingerprint density at radius 2 is 1.55 bits per heavy atom. The molecule has 1 aliphatic rings. The van der Waals surface area contributed by atoms with Gasteiger partial charge >= 0.3 is 0 Å². The van der Waals surface area contributed by atoms with E-state index in [4.69, 9.17) is 11.6 Å². The number of hydrogen-bond acceptors (Lipinski definition) is 4. The van der Waals surface area contributed by atoms with Crippen molar-refractivity contribution in [2.75, 3.05) is 0 Å². The van der Waals surface area contributed by atoms with Crippen molar-refractivity contribution in [1.82, 2.24) is 14.5 Å². The Morgan fingerprint density at radius 1 is 0.909 bits per heavy atom. The highest BCUT2D eigenvalue weighted by atomic mass is 35.5. The first-order chi connectivity index (χ1) is 16.0. The van der Waals surface area contributed by atoms with Crippen molar-refractivity contribution in [1.29, 1.82) is 0 Å². The Labute approximate surface area is 195 Å². The van der Waals surface area contributed by atoms with Crippen molar-refractivity contribution in [3.05, 3.63) is 118 Å². The lowest BCUT2D eigenvalue weighted by Gasteiger charge is -2.18. The number of benzene rings is 3. The predicted octanol–water partition coefficient (Wildman–Crippen LogP) is 4.86. The fourth-order valence-corrected chi connectivity index (χ4v) is 4.24. The molecule has 6 nitrogen and oxygen atoms in total. The normalized spacial score (nSPS) is 12.8. The Morgan fingerprint density at radius 3 is 2.21 bits per heavy atom. The lowest BCUT2D eigenvalue weighted by atomic mass is 10.0. The smallest absolute Gasteiger partial charge is 0.261 e. The molecule has 0 fully saturated rings. The zero-order chi connectivity index (χ0) is 23.1. The standard InChI is InChI=1S/C26H18ClN3O3/c1-16-14-28-23(15-29-25(32)19-9-5-6-10-20(19)26(29)33)30(16)22-13-18(27)11-12-21(22)24(31)17-7-3-2-4-8-17/h2-14H,15H2,1H3. The third-order valence-corrected chi connectivity index (χ3v) is 5.91. The summed E-state index contributed by atoms with van der Waals surface area (Å²) >= 11 is 6.30. The minimum atomic E-state index is -0.366. The quantitative estimate of drug-likeness (QED) is 0.318. The molecule has 3 aromatic carbocycles. The predicted molar refractivity (Wildman–Crippen MR) is 124 cm³/mol. The van der Waals surface area contributed by atoms with Gasteiger partial charge in [0.2, 0.25) is 0 Å². The maximum Gasteiger partial charge on any atom is 0.261 e. The van der Waals surface area contributed by atoms with Crippen LogP contribution in [0.5, 0.6) is 0 Å². The number of carbonyl (C=O) groups is 3. The Bertz CT molecular complexity index is 1390. The molecule has 162 valence electrons. The van der Waals surface area contributed by atoms with Crippen molar-refractivity contribution < 1.29 is 14.4 Å². The van der Waals surface area contributed by atoms with Gasteiger partial charge in [-0.05, 0) is 37.3 Å². The summed E-state index contributed by atoms with van der Waals surface area (Å²) < 4.78 is 1.77. The van der Waals surface area contributed by atoms with Crippen molar-refractivity contribution in [3.63, 3.8) is 0 Å².